The lowest BCUT2D eigenvalue weighted by molar-refractivity contribution is -0.121. The van der Waals surface area contributed by atoms with Gasteiger partial charge in [-0.05, 0) is 57.3 Å². The van der Waals surface area contributed by atoms with Gasteiger partial charge in [0, 0.05) is 0 Å². The van der Waals surface area contributed by atoms with E-state index in [1.165, 1.54) is 37.4 Å². The van der Waals surface area contributed by atoms with Crippen molar-refractivity contribution in [1.82, 2.24) is 0 Å². The van der Waals surface area contributed by atoms with E-state index in [4.69, 9.17) is 0 Å². The van der Waals surface area contributed by atoms with Gasteiger partial charge in [-0.25, -0.2) is 4.99 Å². The van der Waals surface area contributed by atoms with Crippen LogP contribution in [-0.4, -0.2) is 26.9 Å². The number of nitrogens with zero attached hydrogens (tertiary/aromatic N) is 1. The molecule has 0 aromatic rings. The molecule has 0 aromatic heterocycles. The Labute approximate surface area is 112 Å². The number of aliphatic imine (C=N–C) groups is 1. The molecule has 4 heteroatoms. The molecule has 100 valence electrons. The Bertz CT molecular complexity index is 407. The van der Waals surface area contributed by atoms with E-state index in [-0.39, 0.29) is 5.91 Å². The van der Waals surface area contributed by atoms with Crippen LogP contribution in [0.2, 0.25) is 0 Å². The number of aliphatic hydroxyl groups is 1. The predicted octanol–water partition coefficient (Wildman–Crippen LogP) is 2.62. The summed E-state index contributed by atoms with van der Waals surface area (Å²) in [5.74, 6) is 2.39. The van der Waals surface area contributed by atoms with Crippen LogP contribution in [0.15, 0.2) is 4.99 Å². The van der Waals surface area contributed by atoms with Crippen LogP contribution in [0.5, 0.6) is 0 Å². The van der Waals surface area contributed by atoms with Crippen LogP contribution in [0, 0.1) is 17.8 Å². The van der Waals surface area contributed by atoms with Gasteiger partial charge in [0.1, 0.15) is 4.75 Å². The van der Waals surface area contributed by atoms with E-state index in [1.54, 1.807) is 6.92 Å². The second kappa shape index (κ2) is 4.34. The van der Waals surface area contributed by atoms with Gasteiger partial charge in [-0.15, -0.1) is 0 Å². The molecular formula is C14H21NO2S. The van der Waals surface area contributed by atoms with Crippen molar-refractivity contribution >= 4 is 22.7 Å². The highest BCUT2D eigenvalue weighted by Crippen LogP contribution is 2.51. The SMILES string of the molecule is C[C@H](O)[C@]1(C)SC(C[C@H]2C[C@@H]3CC[C@H]2C3)=NC1=O. The second-order valence-electron chi connectivity index (χ2n) is 6.33. The average Bonchev–Trinajstić information content (AvgIpc) is 2.95. The Balaban J connectivity index is 1.65. The number of thioether (sulfide) groups is 1. The number of hydrogen-bond acceptors (Lipinski definition) is 3. The molecule has 1 amide bonds. The fourth-order valence-electron chi connectivity index (χ4n) is 3.74. The van der Waals surface area contributed by atoms with E-state index in [0.717, 1.165) is 29.2 Å². The lowest BCUT2D eigenvalue weighted by atomic mass is 9.87. The molecule has 1 N–H and O–H groups in total. The lowest BCUT2D eigenvalue weighted by Gasteiger charge is -2.25. The number of carbonyl (C=O) groups is 1. The zero-order chi connectivity index (χ0) is 12.9. The van der Waals surface area contributed by atoms with Crippen LogP contribution in [0.1, 0.15) is 46.0 Å². The van der Waals surface area contributed by atoms with Crippen LogP contribution in [0.25, 0.3) is 0 Å². The minimum absolute atomic E-state index is 0.152. The van der Waals surface area contributed by atoms with Crippen LogP contribution in [0.3, 0.4) is 0 Å². The molecule has 2 saturated carbocycles. The first-order chi connectivity index (χ1) is 8.49. The van der Waals surface area contributed by atoms with Gasteiger partial charge in [0.25, 0.3) is 5.91 Å². The summed E-state index contributed by atoms with van der Waals surface area (Å²) in [5, 5.41) is 10.7. The molecule has 2 fully saturated rings. The van der Waals surface area contributed by atoms with E-state index < -0.39 is 10.9 Å². The summed E-state index contributed by atoms with van der Waals surface area (Å²) in [5.41, 5.74) is 0. The van der Waals surface area contributed by atoms with Crippen LogP contribution >= 0.6 is 11.8 Å². The van der Waals surface area contributed by atoms with Crippen LogP contribution < -0.4 is 0 Å². The van der Waals surface area contributed by atoms with Gasteiger partial charge in [-0.1, -0.05) is 18.2 Å². The maximum Gasteiger partial charge on any atom is 0.265 e. The Morgan fingerprint density at radius 3 is 2.78 bits per heavy atom. The van der Waals surface area contributed by atoms with Crippen molar-refractivity contribution in [2.45, 2.75) is 56.8 Å². The Morgan fingerprint density at radius 2 is 2.28 bits per heavy atom. The molecule has 5 atom stereocenters. The minimum atomic E-state index is -0.743. The zero-order valence-corrected chi connectivity index (χ0v) is 11.9. The summed E-state index contributed by atoms with van der Waals surface area (Å²) in [6, 6.07) is 0. The third-order valence-electron chi connectivity index (χ3n) is 5.10. The third-order valence-corrected chi connectivity index (χ3v) is 6.53. The van der Waals surface area contributed by atoms with Crippen molar-refractivity contribution in [3.05, 3.63) is 0 Å². The smallest absolute Gasteiger partial charge is 0.265 e. The van der Waals surface area contributed by atoms with Crippen LogP contribution in [-0.2, 0) is 4.79 Å². The van der Waals surface area contributed by atoms with Gasteiger partial charge in [-0.3, -0.25) is 4.79 Å². The van der Waals surface area contributed by atoms with E-state index >= 15 is 0 Å². The molecule has 2 aliphatic carbocycles. The van der Waals surface area contributed by atoms with Gasteiger partial charge in [0.15, 0.2) is 0 Å². The fourth-order valence-corrected chi connectivity index (χ4v) is 4.96. The summed E-state index contributed by atoms with van der Waals surface area (Å²) >= 11 is 1.49. The second-order valence-corrected chi connectivity index (χ2v) is 7.86. The first-order valence-electron chi connectivity index (χ1n) is 6.98. The lowest BCUT2D eigenvalue weighted by Crippen LogP contribution is -2.38. The molecule has 0 radical (unpaired) electrons. The van der Waals surface area contributed by atoms with Crippen molar-refractivity contribution in [3.63, 3.8) is 0 Å². The molecule has 3 rings (SSSR count). The van der Waals surface area contributed by atoms with Gasteiger partial charge >= 0.3 is 0 Å². The predicted molar refractivity (Wildman–Crippen MR) is 73.7 cm³/mol. The number of rotatable bonds is 3. The summed E-state index contributed by atoms with van der Waals surface area (Å²) in [6.07, 6.45) is 5.81. The molecule has 18 heavy (non-hydrogen) atoms. The molecule has 0 unspecified atom stereocenters. The molecular weight excluding hydrogens is 246 g/mol. The molecule has 1 heterocycles. The average molecular weight is 267 g/mol. The largest absolute Gasteiger partial charge is 0.391 e. The van der Waals surface area contributed by atoms with Crippen molar-refractivity contribution in [1.29, 1.82) is 0 Å². The Hall–Kier alpha value is -0.350. The fraction of sp³-hybridized carbons (Fsp3) is 0.857. The first kappa shape index (κ1) is 12.7. The van der Waals surface area contributed by atoms with Crippen molar-refractivity contribution < 1.29 is 9.90 Å². The maximum atomic E-state index is 11.9. The third kappa shape index (κ3) is 1.94. The van der Waals surface area contributed by atoms with E-state index in [2.05, 4.69) is 4.99 Å². The number of amides is 1. The molecule has 0 saturated heterocycles. The van der Waals surface area contributed by atoms with Crippen LogP contribution in [0.4, 0.5) is 0 Å². The standard InChI is InChI=1S/C14H21NO2S/c1-8(16)14(2)13(17)15-12(18-14)7-11-6-9-3-4-10(11)5-9/h8-11,16H,3-7H2,1-2H3/t8-,9+,10-,11+,14-/m0/s1. The molecule has 1 aliphatic heterocycles. The number of hydrogen-bond donors (Lipinski definition) is 1. The zero-order valence-electron chi connectivity index (χ0n) is 11.1. The maximum absolute atomic E-state index is 11.9. The van der Waals surface area contributed by atoms with Crippen molar-refractivity contribution in [2.24, 2.45) is 22.7 Å². The first-order valence-corrected chi connectivity index (χ1v) is 7.79. The number of fused-ring (bicyclic) bond motifs is 2. The highest BCUT2D eigenvalue weighted by molar-refractivity contribution is 8.16. The monoisotopic (exact) mass is 267 g/mol. The Morgan fingerprint density at radius 1 is 1.50 bits per heavy atom. The van der Waals surface area contributed by atoms with Gasteiger partial charge in [-0.2, -0.15) is 0 Å². The molecule has 0 aromatic carbocycles. The highest BCUT2D eigenvalue weighted by Gasteiger charge is 2.47. The summed E-state index contributed by atoms with van der Waals surface area (Å²) in [6.45, 7) is 3.49. The highest BCUT2D eigenvalue weighted by atomic mass is 32.2. The Kier molecular flexibility index (Phi) is 3.06. The van der Waals surface area contributed by atoms with E-state index in [0.29, 0.717) is 0 Å². The summed E-state index contributed by atoms with van der Waals surface area (Å²) in [4.78, 5) is 16.1. The molecule has 2 bridgehead atoms. The molecule has 0 spiro atoms. The van der Waals surface area contributed by atoms with E-state index in [9.17, 15) is 9.90 Å². The van der Waals surface area contributed by atoms with Crippen molar-refractivity contribution in [2.75, 3.05) is 0 Å². The van der Waals surface area contributed by atoms with E-state index in [1.807, 2.05) is 6.92 Å². The number of aliphatic hydroxyl groups excluding tert-OH is 1. The van der Waals surface area contributed by atoms with Gasteiger partial charge in [0.05, 0.1) is 11.1 Å². The summed E-state index contributed by atoms with van der Waals surface area (Å²) < 4.78 is -0.743. The normalized spacial score (nSPS) is 44.5. The molecule has 3 aliphatic rings. The molecule has 3 nitrogen and oxygen atoms in total. The quantitative estimate of drug-likeness (QED) is 0.855. The minimum Gasteiger partial charge on any atom is -0.391 e. The van der Waals surface area contributed by atoms with Gasteiger partial charge < -0.3 is 5.11 Å². The summed E-state index contributed by atoms with van der Waals surface area (Å²) in [7, 11) is 0. The number of carbonyl (C=O) groups excluding carboxylic acids is 1. The topological polar surface area (TPSA) is 49.7 Å². The van der Waals surface area contributed by atoms with Gasteiger partial charge in [0.2, 0.25) is 0 Å². The van der Waals surface area contributed by atoms with Crippen molar-refractivity contribution in [3.8, 4) is 0 Å².